The van der Waals surface area contributed by atoms with Gasteiger partial charge >= 0.3 is 0 Å². The minimum absolute atomic E-state index is 0.0172. The lowest BCUT2D eigenvalue weighted by Gasteiger charge is -2.09. The predicted octanol–water partition coefficient (Wildman–Crippen LogP) is 3.89. The van der Waals surface area contributed by atoms with Gasteiger partial charge < -0.3 is 19.7 Å². The highest BCUT2D eigenvalue weighted by Gasteiger charge is 2.09. The molecule has 0 saturated carbocycles. The van der Waals surface area contributed by atoms with Crippen molar-refractivity contribution in [3.8, 4) is 23.0 Å². The normalized spacial score (nSPS) is 11.2. The van der Waals surface area contributed by atoms with Crippen LogP contribution >= 0.6 is 0 Å². The van der Waals surface area contributed by atoms with Crippen molar-refractivity contribution >= 4 is 11.9 Å². The fourth-order valence-electron chi connectivity index (χ4n) is 2.35. The molecule has 5 heteroatoms. The van der Waals surface area contributed by atoms with E-state index < -0.39 is 0 Å². The molecule has 0 aromatic heterocycles. The zero-order valence-electron chi connectivity index (χ0n) is 14.8. The monoisotopic (exact) mass is 354 g/mol. The Morgan fingerprint density at radius 1 is 1.00 bits per heavy atom. The first-order chi connectivity index (χ1) is 12.5. The van der Waals surface area contributed by atoms with E-state index >= 15 is 0 Å². The highest BCUT2D eigenvalue weighted by molar-refractivity contribution is 5.90. The van der Waals surface area contributed by atoms with Gasteiger partial charge in [-0.2, -0.15) is 0 Å². The maximum absolute atomic E-state index is 11.9. The molecule has 2 aromatic rings. The first kappa shape index (κ1) is 19.1. The number of ketones is 1. The lowest BCUT2D eigenvalue weighted by atomic mass is 10.1. The smallest absolute Gasteiger partial charge is 0.200 e. The number of phenolic OH excluding ortho intramolecular Hbond substituents is 2. The summed E-state index contributed by atoms with van der Waals surface area (Å²) < 4.78 is 10.2. The molecule has 2 N–H and O–H groups in total. The van der Waals surface area contributed by atoms with E-state index in [2.05, 4.69) is 0 Å². The van der Waals surface area contributed by atoms with Crippen LogP contribution in [0, 0.1) is 0 Å². The van der Waals surface area contributed by atoms with Crippen molar-refractivity contribution in [2.45, 2.75) is 12.8 Å². The molecule has 0 saturated heterocycles. The zero-order valence-corrected chi connectivity index (χ0v) is 14.8. The van der Waals surface area contributed by atoms with Gasteiger partial charge in [0.15, 0.2) is 17.3 Å². The number of aromatic hydroxyl groups is 2. The highest BCUT2D eigenvalue weighted by atomic mass is 16.5. The van der Waals surface area contributed by atoms with Gasteiger partial charge in [-0.15, -0.1) is 0 Å². The molecular formula is C21H22O5. The van der Waals surface area contributed by atoms with E-state index in [1.807, 2.05) is 0 Å². The second-order valence-corrected chi connectivity index (χ2v) is 5.63. The van der Waals surface area contributed by atoms with E-state index in [9.17, 15) is 15.0 Å². The number of carbonyl (C=O) groups is 1. The SMILES string of the molecule is COc1cc(/C=C/C=C/C(=O)CCc2ccc(O)cc2)cc(OC)c1O. The van der Waals surface area contributed by atoms with Crippen LogP contribution in [0.1, 0.15) is 17.5 Å². The number of methoxy groups -OCH3 is 2. The number of allylic oxidation sites excluding steroid dienone is 3. The van der Waals surface area contributed by atoms with E-state index in [1.165, 1.54) is 20.3 Å². The largest absolute Gasteiger partial charge is 0.508 e. The van der Waals surface area contributed by atoms with E-state index in [-0.39, 0.29) is 17.3 Å². The molecule has 0 fully saturated rings. The van der Waals surface area contributed by atoms with Crippen LogP contribution in [0.15, 0.2) is 54.6 Å². The number of carbonyl (C=O) groups excluding carboxylic acids is 1. The van der Waals surface area contributed by atoms with Gasteiger partial charge in [-0.1, -0.05) is 30.4 Å². The summed E-state index contributed by atoms with van der Waals surface area (Å²) in [5, 5.41) is 19.1. The summed E-state index contributed by atoms with van der Waals surface area (Å²) in [5.74, 6) is 0.819. The van der Waals surface area contributed by atoms with Crippen molar-refractivity contribution in [2.75, 3.05) is 14.2 Å². The quantitative estimate of drug-likeness (QED) is 0.556. The Kier molecular flexibility index (Phi) is 6.85. The fourth-order valence-corrected chi connectivity index (χ4v) is 2.35. The summed E-state index contributed by atoms with van der Waals surface area (Å²) in [4.78, 5) is 11.9. The number of aryl methyl sites for hydroxylation is 1. The molecule has 5 nitrogen and oxygen atoms in total. The molecule has 2 aromatic carbocycles. The molecule has 0 aliphatic heterocycles. The Bertz CT molecular complexity index is 779. The third-order valence-corrected chi connectivity index (χ3v) is 3.78. The number of phenols is 2. The van der Waals surface area contributed by atoms with E-state index in [0.29, 0.717) is 24.3 Å². The van der Waals surface area contributed by atoms with Gasteiger partial charge in [0.05, 0.1) is 14.2 Å². The second kappa shape index (κ2) is 9.32. The van der Waals surface area contributed by atoms with Crippen molar-refractivity contribution in [3.05, 3.63) is 65.8 Å². The Hall–Kier alpha value is -3.21. The Morgan fingerprint density at radius 2 is 1.62 bits per heavy atom. The lowest BCUT2D eigenvalue weighted by Crippen LogP contribution is -1.95. The van der Waals surface area contributed by atoms with Crippen LogP contribution in [0.25, 0.3) is 6.08 Å². The molecule has 0 amide bonds. The zero-order chi connectivity index (χ0) is 18.9. The van der Waals surface area contributed by atoms with Crippen LogP contribution in [-0.4, -0.2) is 30.2 Å². The minimum Gasteiger partial charge on any atom is -0.508 e. The molecule has 0 radical (unpaired) electrons. The second-order valence-electron chi connectivity index (χ2n) is 5.63. The summed E-state index contributed by atoms with van der Waals surface area (Å²) in [6.45, 7) is 0. The van der Waals surface area contributed by atoms with Gasteiger partial charge in [0.1, 0.15) is 5.75 Å². The molecule has 0 aliphatic rings. The average Bonchev–Trinajstić information content (AvgIpc) is 2.65. The van der Waals surface area contributed by atoms with Crippen LogP contribution in [0.2, 0.25) is 0 Å². The van der Waals surface area contributed by atoms with Gasteiger partial charge in [0, 0.05) is 6.42 Å². The first-order valence-corrected chi connectivity index (χ1v) is 8.14. The fraction of sp³-hybridized carbons (Fsp3) is 0.190. The number of benzene rings is 2. The summed E-state index contributed by atoms with van der Waals surface area (Å²) in [6, 6.07) is 10.2. The Balaban J connectivity index is 1.92. The molecule has 0 bridgehead atoms. The Labute approximate surface area is 152 Å². The topological polar surface area (TPSA) is 76.0 Å². The Morgan fingerprint density at radius 3 is 2.19 bits per heavy atom. The number of rotatable bonds is 8. The molecule has 136 valence electrons. The number of hydrogen-bond donors (Lipinski definition) is 2. The summed E-state index contributed by atoms with van der Waals surface area (Å²) in [5.41, 5.74) is 1.78. The van der Waals surface area contributed by atoms with Crippen LogP contribution < -0.4 is 9.47 Å². The average molecular weight is 354 g/mol. The van der Waals surface area contributed by atoms with Crippen molar-refractivity contribution in [1.82, 2.24) is 0 Å². The van der Waals surface area contributed by atoms with Crippen LogP contribution in [-0.2, 0) is 11.2 Å². The summed E-state index contributed by atoms with van der Waals surface area (Å²) in [6.07, 6.45) is 7.74. The van der Waals surface area contributed by atoms with Crippen LogP contribution in [0.5, 0.6) is 23.0 Å². The van der Waals surface area contributed by atoms with Crippen molar-refractivity contribution in [1.29, 1.82) is 0 Å². The molecule has 0 atom stereocenters. The first-order valence-electron chi connectivity index (χ1n) is 8.14. The molecular weight excluding hydrogens is 332 g/mol. The maximum Gasteiger partial charge on any atom is 0.200 e. The summed E-state index contributed by atoms with van der Waals surface area (Å²) >= 11 is 0. The molecule has 26 heavy (non-hydrogen) atoms. The van der Waals surface area contributed by atoms with Crippen molar-refractivity contribution in [2.24, 2.45) is 0 Å². The maximum atomic E-state index is 11.9. The predicted molar refractivity (Wildman–Crippen MR) is 101 cm³/mol. The van der Waals surface area contributed by atoms with Gasteiger partial charge in [-0.3, -0.25) is 4.79 Å². The molecule has 0 aliphatic carbocycles. The minimum atomic E-state index is -0.0490. The van der Waals surface area contributed by atoms with E-state index in [1.54, 1.807) is 54.6 Å². The van der Waals surface area contributed by atoms with E-state index in [4.69, 9.17) is 9.47 Å². The van der Waals surface area contributed by atoms with Gasteiger partial charge in [0.2, 0.25) is 5.75 Å². The van der Waals surface area contributed by atoms with Gasteiger partial charge in [-0.05, 0) is 47.9 Å². The molecule has 0 heterocycles. The third-order valence-electron chi connectivity index (χ3n) is 3.78. The lowest BCUT2D eigenvalue weighted by molar-refractivity contribution is -0.114. The van der Waals surface area contributed by atoms with Crippen LogP contribution in [0.3, 0.4) is 0 Å². The summed E-state index contributed by atoms with van der Waals surface area (Å²) in [7, 11) is 2.93. The molecule has 0 spiro atoms. The van der Waals surface area contributed by atoms with Gasteiger partial charge in [-0.25, -0.2) is 0 Å². The highest BCUT2D eigenvalue weighted by Crippen LogP contribution is 2.37. The van der Waals surface area contributed by atoms with Crippen molar-refractivity contribution < 1.29 is 24.5 Å². The molecule has 0 unspecified atom stereocenters. The number of ether oxygens (including phenoxy) is 2. The van der Waals surface area contributed by atoms with Crippen LogP contribution in [0.4, 0.5) is 0 Å². The van der Waals surface area contributed by atoms with E-state index in [0.717, 1.165) is 11.1 Å². The third kappa shape index (κ3) is 5.41. The number of hydrogen-bond acceptors (Lipinski definition) is 5. The van der Waals surface area contributed by atoms with Gasteiger partial charge in [0.25, 0.3) is 0 Å². The standard InChI is InChI=1S/C21H22O5/c1-25-19-13-16(14-20(26-2)21(19)24)5-3-4-6-17(22)10-7-15-8-11-18(23)12-9-15/h3-6,8-9,11-14,23-24H,7,10H2,1-2H3/b5-3+,6-4+. The van der Waals surface area contributed by atoms with Crippen molar-refractivity contribution in [3.63, 3.8) is 0 Å². The molecule has 2 rings (SSSR count).